The van der Waals surface area contributed by atoms with Gasteiger partial charge in [-0.15, -0.1) is 0 Å². The maximum atomic E-state index is 12.4. The van der Waals surface area contributed by atoms with E-state index in [4.69, 9.17) is 23.2 Å². The first kappa shape index (κ1) is 20.1. The lowest BCUT2D eigenvalue weighted by Crippen LogP contribution is -2.16. The van der Waals surface area contributed by atoms with Crippen LogP contribution in [-0.4, -0.2) is 24.6 Å². The molecule has 0 aliphatic carbocycles. The lowest BCUT2D eigenvalue weighted by Gasteiger charge is -2.03. The van der Waals surface area contributed by atoms with Gasteiger partial charge in [-0.05, 0) is 31.2 Å². The summed E-state index contributed by atoms with van der Waals surface area (Å²) in [5.41, 5.74) is 1.66. The minimum Gasteiger partial charge on any atom is -0.318 e. The Bertz CT molecular complexity index is 1190. The third-order valence-corrected chi connectivity index (χ3v) is 7.66. The van der Waals surface area contributed by atoms with Crippen molar-refractivity contribution in [2.24, 2.45) is 12.0 Å². The molecule has 1 aromatic heterocycles. The summed E-state index contributed by atoms with van der Waals surface area (Å²) in [6, 6.07) is 9.90. The molecular formula is C18H16Cl2N2O3S2. The van der Waals surface area contributed by atoms with Crippen molar-refractivity contribution >= 4 is 60.5 Å². The first-order valence-corrected chi connectivity index (χ1v) is 11.2. The fourth-order valence-electron chi connectivity index (χ4n) is 2.53. The number of thiazole rings is 1. The first-order chi connectivity index (χ1) is 12.7. The van der Waals surface area contributed by atoms with Crippen molar-refractivity contribution in [3.8, 4) is 0 Å². The summed E-state index contributed by atoms with van der Waals surface area (Å²) in [5, 5.41) is 1.02. The molecule has 5 nitrogen and oxygen atoms in total. The van der Waals surface area contributed by atoms with Gasteiger partial charge in [-0.1, -0.05) is 52.2 Å². The van der Waals surface area contributed by atoms with Crippen LogP contribution in [0.1, 0.15) is 12.0 Å². The fraction of sp³-hybridized carbons (Fsp3) is 0.222. The van der Waals surface area contributed by atoms with E-state index in [-0.39, 0.29) is 17.1 Å². The zero-order valence-electron chi connectivity index (χ0n) is 14.6. The second kappa shape index (κ2) is 7.75. The van der Waals surface area contributed by atoms with Crippen molar-refractivity contribution < 1.29 is 13.2 Å². The number of sulfone groups is 1. The molecule has 3 aromatic rings. The van der Waals surface area contributed by atoms with E-state index in [1.807, 2.05) is 6.92 Å². The highest BCUT2D eigenvalue weighted by Gasteiger charge is 2.17. The topological polar surface area (TPSA) is 68.5 Å². The van der Waals surface area contributed by atoms with E-state index in [1.54, 1.807) is 48.0 Å². The van der Waals surface area contributed by atoms with Crippen molar-refractivity contribution in [2.45, 2.75) is 18.2 Å². The minimum atomic E-state index is -3.54. The Balaban J connectivity index is 1.84. The summed E-state index contributed by atoms with van der Waals surface area (Å²) in [5.74, 6) is -0.811. The van der Waals surface area contributed by atoms with Crippen LogP contribution in [0.25, 0.3) is 10.2 Å². The Labute approximate surface area is 170 Å². The van der Waals surface area contributed by atoms with Crippen LogP contribution in [0.15, 0.2) is 46.3 Å². The van der Waals surface area contributed by atoms with Crippen molar-refractivity contribution in [3.05, 3.63) is 56.8 Å². The SMILES string of the molecule is Cc1ccc(S(=O)(=O)CCC(=O)N=c2sc3c(Cl)ccc(Cl)c3n2C)cc1. The standard InChI is InChI=1S/C18H16Cl2N2O3S2/c1-11-3-5-12(6-4-11)27(24,25)10-9-15(23)21-18-22(2)16-13(19)7-8-14(20)17(16)26-18/h3-8H,9-10H2,1-2H3. The third kappa shape index (κ3) is 4.27. The Hall–Kier alpha value is -1.67. The molecule has 0 saturated carbocycles. The number of aromatic nitrogens is 1. The van der Waals surface area contributed by atoms with Gasteiger partial charge in [-0.25, -0.2) is 8.42 Å². The summed E-state index contributed by atoms with van der Waals surface area (Å²) in [7, 11) is -1.81. The molecule has 0 aliphatic heterocycles. The van der Waals surface area contributed by atoms with Crippen LogP contribution < -0.4 is 4.80 Å². The number of fused-ring (bicyclic) bond motifs is 1. The van der Waals surface area contributed by atoms with Crippen LogP contribution in [0.4, 0.5) is 0 Å². The van der Waals surface area contributed by atoms with E-state index in [2.05, 4.69) is 4.99 Å². The van der Waals surface area contributed by atoms with E-state index in [1.165, 1.54) is 11.3 Å². The highest BCUT2D eigenvalue weighted by Crippen LogP contribution is 2.31. The van der Waals surface area contributed by atoms with Gasteiger partial charge < -0.3 is 4.57 Å². The normalized spacial score (nSPS) is 12.7. The molecule has 0 saturated heterocycles. The molecule has 3 rings (SSSR count). The summed E-state index contributed by atoms with van der Waals surface area (Å²) in [4.78, 5) is 16.9. The zero-order valence-corrected chi connectivity index (χ0v) is 17.7. The summed E-state index contributed by atoms with van der Waals surface area (Å²) >= 11 is 13.6. The van der Waals surface area contributed by atoms with Crippen LogP contribution in [0, 0.1) is 6.92 Å². The van der Waals surface area contributed by atoms with Crippen LogP contribution in [0.3, 0.4) is 0 Å². The molecule has 0 bridgehead atoms. The summed E-state index contributed by atoms with van der Waals surface area (Å²) in [6.45, 7) is 1.88. The number of aryl methyl sites for hydroxylation is 2. The molecule has 0 spiro atoms. The van der Waals surface area contributed by atoms with Crippen LogP contribution >= 0.6 is 34.5 Å². The smallest absolute Gasteiger partial charge is 0.249 e. The van der Waals surface area contributed by atoms with Crippen molar-refractivity contribution in [2.75, 3.05) is 5.75 Å². The van der Waals surface area contributed by atoms with Crippen molar-refractivity contribution in [1.29, 1.82) is 0 Å². The predicted octanol–water partition coefficient (Wildman–Crippen LogP) is 4.15. The second-order valence-electron chi connectivity index (χ2n) is 6.04. The summed E-state index contributed by atoms with van der Waals surface area (Å²) in [6.07, 6.45) is -0.202. The fourth-order valence-corrected chi connectivity index (χ4v) is 5.44. The first-order valence-electron chi connectivity index (χ1n) is 7.99. The maximum absolute atomic E-state index is 12.4. The second-order valence-corrected chi connectivity index (χ2v) is 9.94. The molecule has 0 N–H and O–H groups in total. The van der Waals surface area contributed by atoms with Gasteiger partial charge in [0, 0.05) is 13.5 Å². The molecule has 0 atom stereocenters. The Morgan fingerprint density at radius 1 is 1.11 bits per heavy atom. The van der Waals surface area contributed by atoms with Gasteiger partial charge in [0.05, 0.1) is 30.9 Å². The maximum Gasteiger partial charge on any atom is 0.249 e. The molecule has 0 unspecified atom stereocenters. The number of hydrogen-bond acceptors (Lipinski definition) is 4. The number of benzene rings is 2. The van der Waals surface area contributed by atoms with Gasteiger partial charge >= 0.3 is 0 Å². The zero-order chi connectivity index (χ0) is 19.8. The largest absolute Gasteiger partial charge is 0.318 e. The molecule has 1 heterocycles. The van der Waals surface area contributed by atoms with Gasteiger partial charge in [-0.3, -0.25) is 4.79 Å². The van der Waals surface area contributed by atoms with Crippen LogP contribution in [-0.2, 0) is 21.7 Å². The monoisotopic (exact) mass is 442 g/mol. The number of hydrogen-bond donors (Lipinski definition) is 0. The quantitative estimate of drug-likeness (QED) is 0.609. The molecule has 9 heteroatoms. The Kier molecular flexibility index (Phi) is 5.76. The number of nitrogens with zero attached hydrogens (tertiary/aromatic N) is 2. The highest BCUT2D eigenvalue weighted by molar-refractivity contribution is 7.91. The van der Waals surface area contributed by atoms with E-state index in [9.17, 15) is 13.2 Å². The minimum absolute atomic E-state index is 0.201. The Morgan fingerprint density at radius 3 is 2.37 bits per heavy atom. The predicted molar refractivity (Wildman–Crippen MR) is 109 cm³/mol. The van der Waals surface area contributed by atoms with E-state index in [0.717, 1.165) is 10.3 Å². The average molecular weight is 443 g/mol. The van der Waals surface area contributed by atoms with Crippen molar-refractivity contribution in [1.82, 2.24) is 4.57 Å². The molecule has 2 aromatic carbocycles. The van der Waals surface area contributed by atoms with Gasteiger partial charge in [0.25, 0.3) is 0 Å². The van der Waals surface area contributed by atoms with Gasteiger partial charge in [0.1, 0.15) is 0 Å². The molecule has 0 radical (unpaired) electrons. The number of halogens is 2. The molecule has 27 heavy (non-hydrogen) atoms. The van der Waals surface area contributed by atoms with E-state index < -0.39 is 15.7 Å². The van der Waals surface area contributed by atoms with E-state index in [0.29, 0.717) is 20.4 Å². The molecule has 0 aliphatic rings. The number of rotatable bonds is 4. The lowest BCUT2D eigenvalue weighted by molar-refractivity contribution is -0.117. The average Bonchev–Trinajstić information content (AvgIpc) is 2.95. The molecule has 142 valence electrons. The molecular weight excluding hydrogens is 427 g/mol. The number of carbonyl (C=O) groups excluding carboxylic acids is 1. The highest BCUT2D eigenvalue weighted by atomic mass is 35.5. The van der Waals surface area contributed by atoms with Gasteiger partial charge in [0.15, 0.2) is 14.6 Å². The molecule has 1 amide bonds. The Morgan fingerprint density at radius 2 is 1.74 bits per heavy atom. The number of amides is 1. The number of carbonyl (C=O) groups is 1. The van der Waals surface area contributed by atoms with Crippen molar-refractivity contribution in [3.63, 3.8) is 0 Å². The molecule has 0 fully saturated rings. The summed E-state index contributed by atoms with van der Waals surface area (Å²) < 4.78 is 27.1. The van der Waals surface area contributed by atoms with Gasteiger partial charge in [0.2, 0.25) is 5.91 Å². The third-order valence-electron chi connectivity index (χ3n) is 4.03. The lowest BCUT2D eigenvalue weighted by atomic mass is 10.2. The van der Waals surface area contributed by atoms with Crippen LogP contribution in [0.5, 0.6) is 0 Å². The van der Waals surface area contributed by atoms with Crippen LogP contribution in [0.2, 0.25) is 10.0 Å². The van der Waals surface area contributed by atoms with E-state index >= 15 is 0 Å². The van der Waals surface area contributed by atoms with Gasteiger partial charge in [-0.2, -0.15) is 4.99 Å².